The minimum atomic E-state index is 0.118. The molecule has 0 aliphatic heterocycles. The van der Waals surface area contributed by atoms with Gasteiger partial charge in [0.25, 0.3) is 0 Å². The molecule has 4 heteroatoms. The third-order valence-corrected chi connectivity index (χ3v) is 2.69. The molecule has 0 N–H and O–H groups in total. The smallest absolute Gasteiger partial charge is 0.166 e. The van der Waals surface area contributed by atoms with E-state index < -0.39 is 0 Å². The zero-order chi connectivity index (χ0) is 11.5. The van der Waals surface area contributed by atoms with Gasteiger partial charge in [-0.1, -0.05) is 0 Å². The normalized spacial score (nSPS) is 10.6. The molecular formula is C12H14N2O2. The summed E-state index contributed by atoms with van der Waals surface area (Å²) >= 11 is 0. The summed E-state index contributed by atoms with van der Waals surface area (Å²) in [6.45, 7) is 1.80. The van der Waals surface area contributed by atoms with Crippen LogP contribution in [-0.2, 0) is 13.5 Å². The summed E-state index contributed by atoms with van der Waals surface area (Å²) in [7, 11) is 1.88. The van der Waals surface area contributed by atoms with Crippen LogP contribution >= 0.6 is 0 Å². The molecule has 0 atom stereocenters. The molecule has 0 aliphatic carbocycles. The molecule has 2 aromatic rings. The Morgan fingerprint density at radius 1 is 1.50 bits per heavy atom. The van der Waals surface area contributed by atoms with E-state index in [-0.39, 0.29) is 5.78 Å². The highest BCUT2D eigenvalue weighted by atomic mass is 16.3. The van der Waals surface area contributed by atoms with Crippen LogP contribution in [-0.4, -0.2) is 15.6 Å². The molecule has 84 valence electrons. The molecule has 0 bridgehead atoms. The van der Waals surface area contributed by atoms with Gasteiger partial charge in [-0.2, -0.15) is 5.10 Å². The van der Waals surface area contributed by atoms with Gasteiger partial charge < -0.3 is 4.42 Å². The maximum absolute atomic E-state index is 11.8. The number of nitrogens with zero attached hydrogens (tertiary/aromatic N) is 2. The number of aromatic nitrogens is 2. The minimum Gasteiger partial charge on any atom is -0.469 e. The molecule has 2 heterocycles. The zero-order valence-electron chi connectivity index (χ0n) is 9.43. The van der Waals surface area contributed by atoms with Crippen LogP contribution in [0.3, 0.4) is 0 Å². The van der Waals surface area contributed by atoms with E-state index in [1.54, 1.807) is 30.1 Å². The molecule has 2 rings (SSSR count). The predicted octanol–water partition coefficient (Wildman–Crippen LogP) is 2.14. The third kappa shape index (κ3) is 2.05. The Morgan fingerprint density at radius 2 is 2.31 bits per heavy atom. The number of aryl methyl sites for hydroxylation is 3. The van der Waals surface area contributed by atoms with Gasteiger partial charge in [0.05, 0.1) is 11.8 Å². The second kappa shape index (κ2) is 4.35. The molecular weight excluding hydrogens is 204 g/mol. The average molecular weight is 218 g/mol. The number of carbonyl (C=O) groups is 1. The first-order chi connectivity index (χ1) is 7.68. The van der Waals surface area contributed by atoms with Crippen molar-refractivity contribution < 1.29 is 9.21 Å². The van der Waals surface area contributed by atoms with Crippen LogP contribution in [0.2, 0.25) is 0 Å². The first kappa shape index (κ1) is 10.7. The topological polar surface area (TPSA) is 48.0 Å². The molecule has 16 heavy (non-hydrogen) atoms. The van der Waals surface area contributed by atoms with Crippen molar-refractivity contribution in [3.63, 3.8) is 0 Å². The SMILES string of the molecule is Cc1occc1C(=O)CCc1ccnn1C. The van der Waals surface area contributed by atoms with E-state index in [2.05, 4.69) is 5.10 Å². The van der Waals surface area contributed by atoms with E-state index in [4.69, 9.17) is 4.42 Å². The molecule has 2 aromatic heterocycles. The third-order valence-electron chi connectivity index (χ3n) is 2.69. The summed E-state index contributed by atoms with van der Waals surface area (Å²) < 4.78 is 6.90. The molecule has 0 spiro atoms. The number of rotatable bonds is 4. The van der Waals surface area contributed by atoms with Crippen molar-refractivity contribution in [2.75, 3.05) is 0 Å². The molecule has 0 saturated heterocycles. The van der Waals surface area contributed by atoms with Gasteiger partial charge >= 0.3 is 0 Å². The van der Waals surface area contributed by atoms with Gasteiger partial charge in [0, 0.05) is 25.4 Å². The van der Waals surface area contributed by atoms with Crippen LogP contribution in [0.15, 0.2) is 29.0 Å². The molecule has 0 radical (unpaired) electrons. The quantitative estimate of drug-likeness (QED) is 0.739. The molecule has 0 unspecified atom stereocenters. The Balaban J connectivity index is 1.99. The van der Waals surface area contributed by atoms with Crippen LogP contribution < -0.4 is 0 Å². The van der Waals surface area contributed by atoms with Gasteiger partial charge in [0.2, 0.25) is 0 Å². The van der Waals surface area contributed by atoms with Crippen molar-refractivity contribution >= 4 is 5.78 Å². The largest absolute Gasteiger partial charge is 0.469 e. The van der Waals surface area contributed by atoms with Crippen molar-refractivity contribution in [3.05, 3.63) is 41.6 Å². The van der Waals surface area contributed by atoms with Gasteiger partial charge in [-0.25, -0.2) is 0 Å². The maximum atomic E-state index is 11.8. The lowest BCUT2D eigenvalue weighted by molar-refractivity contribution is 0.0981. The average Bonchev–Trinajstić information content (AvgIpc) is 2.84. The van der Waals surface area contributed by atoms with Crippen LogP contribution in [0.4, 0.5) is 0 Å². The fraction of sp³-hybridized carbons (Fsp3) is 0.333. The fourth-order valence-corrected chi connectivity index (χ4v) is 1.70. The predicted molar refractivity (Wildman–Crippen MR) is 59.3 cm³/mol. The highest BCUT2D eigenvalue weighted by Crippen LogP contribution is 2.13. The first-order valence-electron chi connectivity index (χ1n) is 5.22. The van der Waals surface area contributed by atoms with Crippen molar-refractivity contribution in [2.24, 2.45) is 7.05 Å². The Morgan fingerprint density at radius 3 is 2.88 bits per heavy atom. The number of hydrogen-bond acceptors (Lipinski definition) is 3. The lowest BCUT2D eigenvalue weighted by Gasteiger charge is -2.01. The van der Waals surface area contributed by atoms with E-state index in [1.807, 2.05) is 13.1 Å². The van der Waals surface area contributed by atoms with E-state index in [0.717, 1.165) is 5.69 Å². The summed E-state index contributed by atoms with van der Waals surface area (Å²) in [5, 5.41) is 4.06. The Kier molecular flexibility index (Phi) is 2.90. The second-order valence-corrected chi connectivity index (χ2v) is 3.76. The Bertz CT molecular complexity index is 497. The van der Waals surface area contributed by atoms with Crippen molar-refractivity contribution in [1.82, 2.24) is 9.78 Å². The van der Waals surface area contributed by atoms with E-state index in [0.29, 0.717) is 24.2 Å². The first-order valence-corrected chi connectivity index (χ1v) is 5.22. The summed E-state index contributed by atoms with van der Waals surface area (Å²) in [6.07, 6.45) is 4.48. The van der Waals surface area contributed by atoms with Crippen molar-refractivity contribution in [1.29, 1.82) is 0 Å². The summed E-state index contributed by atoms with van der Waals surface area (Å²) in [5.74, 6) is 0.808. The standard InChI is InChI=1S/C12H14N2O2/c1-9-11(6-8-16-9)12(15)4-3-10-5-7-13-14(10)2/h5-8H,3-4H2,1-2H3. The number of ketones is 1. The lowest BCUT2D eigenvalue weighted by atomic mass is 10.1. The number of furan rings is 1. The zero-order valence-corrected chi connectivity index (χ0v) is 9.43. The number of hydrogen-bond donors (Lipinski definition) is 0. The molecule has 0 amide bonds. The number of Topliss-reactive ketones (excluding diaryl/α,β-unsaturated/α-hetero) is 1. The van der Waals surface area contributed by atoms with Gasteiger partial charge in [0.15, 0.2) is 5.78 Å². The highest BCUT2D eigenvalue weighted by Gasteiger charge is 2.12. The number of carbonyl (C=O) groups excluding carboxylic acids is 1. The monoisotopic (exact) mass is 218 g/mol. The summed E-state index contributed by atoms with van der Waals surface area (Å²) in [5.41, 5.74) is 1.75. The van der Waals surface area contributed by atoms with Crippen LogP contribution in [0.25, 0.3) is 0 Å². The van der Waals surface area contributed by atoms with Crippen molar-refractivity contribution in [2.45, 2.75) is 19.8 Å². The fourth-order valence-electron chi connectivity index (χ4n) is 1.70. The Hall–Kier alpha value is -1.84. The molecule has 0 fully saturated rings. The maximum Gasteiger partial charge on any atom is 0.166 e. The lowest BCUT2D eigenvalue weighted by Crippen LogP contribution is -2.04. The highest BCUT2D eigenvalue weighted by molar-refractivity contribution is 5.96. The molecule has 4 nitrogen and oxygen atoms in total. The van der Waals surface area contributed by atoms with Gasteiger partial charge in [-0.15, -0.1) is 0 Å². The Labute approximate surface area is 93.9 Å². The molecule has 0 aliphatic rings. The summed E-state index contributed by atoms with van der Waals surface area (Å²) in [4.78, 5) is 11.8. The van der Waals surface area contributed by atoms with Crippen molar-refractivity contribution in [3.8, 4) is 0 Å². The summed E-state index contributed by atoms with van der Waals surface area (Å²) in [6, 6.07) is 3.65. The van der Waals surface area contributed by atoms with Crippen LogP contribution in [0, 0.1) is 6.92 Å². The minimum absolute atomic E-state index is 0.118. The van der Waals surface area contributed by atoms with Gasteiger partial charge in [0.1, 0.15) is 5.76 Å². The van der Waals surface area contributed by atoms with Gasteiger partial charge in [-0.05, 0) is 25.5 Å². The molecule has 0 aromatic carbocycles. The van der Waals surface area contributed by atoms with Gasteiger partial charge in [-0.3, -0.25) is 9.48 Å². The van der Waals surface area contributed by atoms with E-state index in [1.165, 1.54) is 0 Å². The van der Waals surface area contributed by atoms with Crippen LogP contribution in [0.1, 0.15) is 28.2 Å². The van der Waals surface area contributed by atoms with Crippen LogP contribution in [0.5, 0.6) is 0 Å². The second-order valence-electron chi connectivity index (χ2n) is 3.76. The molecule has 0 saturated carbocycles. The van der Waals surface area contributed by atoms with E-state index >= 15 is 0 Å². The van der Waals surface area contributed by atoms with E-state index in [9.17, 15) is 4.79 Å².